The molecule has 0 radical (unpaired) electrons. The van der Waals surface area contributed by atoms with Crippen molar-refractivity contribution in [2.24, 2.45) is 0 Å². The van der Waals surface area contributed by atoms with E-state index in [9.17, 15) is 4.79 Å². The van der Waals surface area contributed by atoms with E-state index < -0.39 is 5.97 Å². The highest BCUT2D eigenvalue weighted by Gasteiger charge is 2.05. The second-order valence-electron chi connectivity index (χ2n) is 2.54. The molecule has 14 heavy (non-hydrogen) atoms. The van der Waals surface area contributed by atoms with Crippen LogP contribution in [0.5, 0.6) is 5.75 Å². The highest BCUT2D eigenvalue weighted by Crippen LogP contribution is 2.13. The van der Waals surface area contributed by atoms with Gasteiger partial charge in [-0.25, -0.2) is 4.85 Å². The van der Waals surface area contributed by atoms with Gasteiger partial charge in [0, 0.05) is 0 Å². The van der Waals surface area contributed by atoms with Crippen LogP contribution >= 0.6 is 0 Å². The molecule has 0 fully saturated rings. The summed E-state index contributed by atoms with van der Waals surface area (Å²) in [6.45, 7) is 6.61. The van der Waals surface area contributed by atoms with Gasteiger partial charge >= 0.3 is 5.97 Å². The predicted molar refractivity (Wildman–Crippen MR) is 50.3 cm³/mol. The molecule has 70 valence electrons. The van der Waals surface area contributed by atoms with Crippen molar-refractivity contribution in [1.82, 2.24) is 0 Å². The lowest BCUT2D eigenvalue weighted by Crippen LogP contribution is -1.95. The number of carbonyl (C=O) groups is 1. The number of hydrogen-bond acceptors (Lipinski definition) is 2. The van der Waals surface area contributed by atoms with E-state index in [1.54, 1.807) is 0 Å². The Hall–Kier alpha value is -2.28. The maximum Gasteiger partial charge on any atom is 0.333 e. The summed E-state index contributed by atoms with van der Waals surface area (Å²) in [4.78, 5) is 13.3. The largest absolute Gasteiger partial charge is 0.508 e. The highest BCUT2D eigenvalue weighted by atomic mass is 16.4. The molecule has 0 saturated carbocycles. The first-order chi connectivity index (χ1) is 6.63. The highest BCUT2D eigenvalue weighted by molar-refractivity contribution is 5.94. The third-order valence-electron chi connectivity index (χ3n) is 1.54. The van der Waals surface area contributed by atoms with E-state index in [0.717, 1.165) is 0 Å². The SMILES string of the molecule is [C-]#[N+]/C(=C\c1ccc(O)cc1)C(=O)O. The minimum atomic E-state index is -1.26. The Labute approximate surface area is 80.6 Å². The first-order valence-corrected chi connectivity index (χ1v) is 3.75. The fraction of sp³-hybridized carbons (Fsp3) is 0. The summed E-state index contributed by atoms with van der Waals surface area (Å²) in [5.74, 6) is -1.16. The molecule has 0 aliphatic heterocycles. The van der Waals surface area contributed by atoms with Crippen LogP contribution in [-0.4, -0.2) is 16.2 Å². The van der Waals surface area contributed by atoms with E-state index in [1.807, 2.05) is 0 Å². The molecule has 4 nitrogen and oxygen atoms in total. The van der Waals surface area contributed by atoms with Gasteiger partial charge in [0.05, 0.1) is 6.57 Å². The Balaban J connectivity index is 3.03. The summed E-state index contributed by atoms with van der Waals surface area (Å²) in [7, 11) is 0. The zero-order valence-corrected chi connectivity index (χ0v) is 7.14. The minimum Gasteiger partial charge on any atom is -0.508 e. The van der Waals surface area contributed by atoms with Crippen molar-refractivity contribution in [3.8, 4) is 5.75 Å². The van der Waals surface area contributed by atoms with Crippen molar-refractivity contribution in [1.29, 1.82) is 0 Å². The number of nitrogens with zero attached hydrogens (tertiary/aromatic N) is 1. The fourth-order valence-corrected chi connectivity index (χ4v) is 0.870. The smallest absolute Gasteiger partial charge is 0.333 e. The molecule has 0 aromatic heterocycles. The summed E-state index contributed by atoms with van der Waals surface area (Å²) in [5, 5.41) is 17.5. The second kappa shape index (κ2) is 4.10. The van der Waals surface area contributed by atoms with Crippen LogP contribution in [0, 0.1) is 6.57 Å². The minimum absolute atomic E-state index is 0.0989. The lowest BCUT2D eigenvalue weighted by Gasteiger charge is -1.94. The van der Waals surface area contributed by atoms with E-state index in [4.69, 9.17) is 16.8 Å². The van der Waals surface area contributed by atoms with E-state index in [-0.39, 0.29) is 11.4 Å². The molecule has 0 amide bonds. The Bertz CT molecular complexity index is 412. The van der Waals surface area contributed by atoms with Gasteiger partial charge in [-0.05, 0) is 23.8 Å². The van der Waals surface area contributed by atoms with Gasteiger partial charge in [-0.2, -0.15) is 0 Å². The maximum absolute atomic E-state index is 10.5. The Morgan fingerprint density at radius 2 is 1.93 bits per heavy atom. The molecule has 1 aromatic rings. The van der Waals surface area contributed by atoms with Crippen molar-refractivity contribution < 1.29 is 15.0 Å². The molecule has 1 aromatic carbocycles. The van der Waals surface area contributed by atoms with Gasteiger partial charge in [0.2, 0.25) is 0 Å². The van der Waals surface area contributed by atoms with Gasteiger partial charge in [-0.1, -0.05) is 12.1 Å². The van der Waals surface area contributed by atoms with Gasteiger partial charge in [-0.3, -0.25) is 4.79 Å². The lowest BCUT2D eigenvalue weighted by atomic mass is 10.2. The fourth-order valence-electron chi connectivity index (χ4n) is 0.870. The van der Waals surface area contributed by atoms with Crippen LogP contribution in [0.3, 0.4) is 0 Å². The molecule has 0 aliphatic carbocycles. The number of carboxylic acids is 1. The van der Waals surface area contributed by atoms with Crippen molar-refractivity contribution in [3.63, 3.8) is 0 Å². The van der Waals surface area contributed by atoms with Gasteiger partial charge in [0.15, 0.2) is 0 Å². The summed E-state index contributed by atoms with van der Waals surface area (Å²) >= 11 is 0. The van der Waals surface area contributed by atoms with Crippen molar-refractivity contribution in [2.45, 2.75) is 0 Å². The van der Waals surface area contributed by atoms with Crippen LogP contribution < -0.4 is 0 Å². The van der Waals surface area contributed by atoms with Gasteiger partial charge in [0.25, 0.3) is 5.70 Å². The summed E-state index contributed by atoms with van der Waals surface area (Å²) < 4.78 is 0. The molecule has 0 bridgehead atoms. The summed E-state index contributed by atoms with van der Waals surface area (Å²) in [6.07, 6.45) is 1.24. The average molecular weight is 189 g/mol. The average Bonchev–Trinajstić information content (AvgIpc) is 2.16. The number of hydrogen-bond donors (Lipinski definition) is 2. The van der Waals surface area contributed by atoms with Crippen LogP contribution in [0.1, 0.15) is 5.56 Å². The number of phenolic OH excluding ortho intramolecular Hbond substituents is 1. The molecular weight excluding hydrogens is 182 g/mol. The Morgan fingerprint density at radius 3 is 2.36 bits per heavy atom. The summed E-state index contributed by atoms with van der Waals surface area (Å²) in [5.41, 5.74) is 0.215. The second-order valence-corrected chi connectivity index (χ2v) is 2.54. The van der Waals surface area contributed by atoms with Crippen LogP contribution in [0.4, 0.5) is 0 Å². The zero-order valence-electron chi connectivity index (χ0n) is 7.14. The lowest BCUT2D eigenvalue weighted by molar-refractivity contribution is -0.132. The molecule has 0 saturated heterocycles. The molecule has 0 unspecified atom stereocenters. The van der Waals surface area contributed by atoms with Crippen LogP contribution in [0.2, 0.25) is 0 Å². The Kier molecular flexibility index (Phi) is 2.87. The molecule has 2 N–H and O–H groups in total. The molecule has 0 atom stereocenters. The van der Waals surface area contributed by atoms with Crippen LogP contribution in [0.25, 0.3) is 10.9 Å². The zero-order chi connectivity index (χ0) is 10.6. The van der Waals surface area contributed by atoms with E-state index >= 15 is 0 Å². The molecule has 0 spiro atoms. The first-order valence-electron chi connectivity index (χ1n) is 3.75. The van der Waals surface area contributed by atoms with Gasteiger partial charge in [-0.15, -0.1) is 0 Å². The number of benzene rings is 1. The third-order valence-corrected chi connectivity index (χ3v) is 1.54. The number of rotatable bonds is 2. The van der Waals surface area contributed by atoms with Crippen LogP contribution in [0.15, 0.2) is 30.0 Å². The molecule has 4 heteroatoms. The van der Waals surface area contributed by atoms with Crippen molar-refractivity contribution >= 4 is 12.0 Å². The third kappa shape index (κ3) is 2.35. The molecule has 1 rings (SSSR count). The van der Waals surface area contributed by atoms with Gasteiger partial charge in [0.1, 0.15) is 5.75 Å². The maximum atomic E-state index is 10.5. The number of aromatic hydroxyl groups is 1. The quantitative estimate of drug-likeness (QED) is 0.550. The monoisotopic (exact) mass is 189 g/mol. The first kappa shape index (κ1) is 9.81. The van der Waals surface area contributed by atoms with Crippen molar-refractivity contribution in [3.05, 3.63) is 46.9 Å². The van der Waals surface area contributed by atoms with E-state index in [0.29, 0.717) is 5.56 Å². The summed E-state index contributed by atoms with van der Waals surface area (Å²) in [6, 6.07) is 5.91. The molecule has 0 aliphatic rings. The van der Waals surface area contributed by atoms with E-state index in [1.165, 1.54) is 30.3 Å². The number of phenols is 1. The topological polar surface area (TPSA) is 61.9 Å². The number of carboxylic acid groups (broad SMARTS) is 1. The Morgan fingerprint density at radius 1 is 1.36 bits per heavy atom. The molecule has 0 heterocycles. The molecular formula is C10H7NO3. The standard InChI is InChI=1S/C10H7NO3/c1-11-9(10(13)14)6-7-2-4-8(12)5-3-7/h2-6,12H,(H,13,14)/b9-6-. The van der Waals surface area contributed by atoms with Crippen LogP contribution in [-0.2, 0) is 4.79 Å². The predicted octanol–water partition coefficient (Wildman–Crippen LogP) is 1.74. The van der Waals surface area contributed by atoms with Gasteiger partial charge < -0.3 is 10.2 Å². The normalized spacial score (nSPS) is 10.6. The number of aliphatic carboxylic acids is 1. The van der Waals surface area contributed by atoms with E-state index in [2.05, 4.69) is 4.85 Å². The van der Waals surface area contributed by atoms with Crippen molar-refractivity contribution in [2.75, 3.05) is 0 Å².